The maximum absolute atomic E-state index is 10.9. The molecule has 0 bridgehead atoms. The molecule has 2 atom stereocenters. The number of hydrogen-bond donors (Lipinski definition) is 1. The molecule has 2 unspecified atom stereocenters. The van der Waals surface area contributed by atoms with E-state index in [9.17, 15) is 4.79 Å². The maximum atomic E-state index is 10.9. The maximum Gasteiger partial charge on any atom is 0.223 e. The third-order valence-corrected chi connectivity index (χ3v) is 3.15. The summed E-state index contributed by atoms with van der Waals surface area (Å²) in [5.41, 5.74) is 5.29. The predicted molar refractivity (Wildman–Crippen MR) is 38.2 cm³/mol. The zero-order valence-corrected chi connectivity index (χ0v) is 6.10. The van der Waals surface area contributed by atoms with Crippen molar-refractivity contribution in [2.24, 2.45) is 17.1 Å². The van der Waals surface area contributed by atoms with Gasteiger partial charge >= 0.3 is 0 Å². The van der Waals surface area contributed by atoms with Crippen LogP contribution >= 0.6 is 0 Å². The summed E-state index contributed by atoms with van der Waals surface area (Å²) in [6, 6.07) is 0. The standard InChI is InChI=1S/C8H13NO/c9-7(10)8-4-2-1-3-6(8)5-8/h6H,1-5H2,(H2,9,10). The van der Waals surface area contributed by atoms with E-state index in [1.165, 1.54) is 19.3 Å². The van der Waals surface area contributed by atoms with E-state index < -0.39 is 0 Å². The average molecular weight is 139 g/mol. The second-order valence-corrected chi connectivity index (χ2v) is 3.67. The highest BCUT2D eigenvalue weighted by atomic mass is 16.1. The van der Waals surface area contributed by atoms with Gasteiger partial charge in [-0.3, -0.25) is 4.79 Å². The van der Waals surface area contributed by atoms with Crippen LogP contribution in [-0.4, -0.2) is 5.91 Å². The van der Waals surface area contributed by atoms with Crippen molar-refractivity contribution in [1.82, 2.24) is 0 Å². The highest BCUT2D eigenvalue weighted by Gasteiger charge is 2.58. The Morgan fingerprint density at radius 2 is 2.30 bits per heavy atom. The van der Waals surface area contributed by atoms with Crippen molar-refractivity contribution in [1.29, 1.82) is 0 Å². The van der Waals surface area contributed by atoms with Crippen LogP contribution in [0.4, 0.5) is 0 Å². The summed E-state index contributed by atoms with van der Waals surface area (Å²) >= 11 is 0. The summed E-state index contributed by atoms with van der Waals surface area (Å²) in [5, 5.41) is 0. The first kappa shape index (κ1) is 6.20. The lowest BCUT2D eigenvalue weighted by Gasteiger charge is -2.17. The van der Waals surface area contributed by atoms with Gasteiger partial charge in [0.15, 0.2) is 0 Å². The van der Waals surface area contributed by atoms with Gasteiger partial charge in [0.1, 0.15) is 0 Å². The number of carbonyl (C=O) groups excluding carboxylic acids is 1. The Kier molecular flexibility index (Phi) is 1.08. The molecule has 2 aliphatic rings. The minimum atomic E-state index is -0.0443. The quantitative estimate of drug-likeness (QED) is 0.579. The van der Waals surface area contributed by atoms with Crippen LogP contribution in [0.5, 0.6) is 0 Å². The number of rotatable bonds is 1. The van der Waals surface area contributed by atoms with Gasteiger partial charge in [-0.2, -0.15) is 0 Å². The fourth-order valence-corrected chi connectivity index (χ4v) is 2.32. The molecule has 56 valence electrons. The zero-order valence-electron chi connectivity index (χ0n) is 6.10. The van der Waals surface area contributed by atoms with E-state index in [-0.39, 0.29) is 11.3 Å². The first-order valence-electron chi connectivity index (χ1n) is 4.06. The molecule has 2 aliphatic carbocycles. The third kappa shape index (κ3) is 0.619. The molecule has 2 fully saturated rings. The first-order valence-corrected chi connectivity index (χ1v) is 4.06. The summed E-state index contributed by atoms with van der Waals surface area (Å²) < 4.78 is 0. The summed E-state index contributed by atoms with van der Waals surface area (Å²) in [5.74, 6) is 0.621. The smallest absolute Gasteiger partial charge is 0.223 e. The summed E-state index contributed by atoms with van der Waals surface area (Å²) in [6.07, 6.45) is 5.90. The molecule has 0 aromatic rings. The molecule has 2 saturated carbocycles. The Morgan fingerprint density at radius 3 is 2.80 bits per heavy atom. The van der Waals surface area contributed by atoms with E-state index in [0.717, 1.165) is 12.8 Å². The van der Waals surface area contributed by atoms with E-state index in [0.29, 0.717) is 5.92 Å². The number of hydrogen-bond acceptors (Lipinski definition) is 1. The molecule has 0 aromatic carbocycles. The Morgan fingerprint density at radius 1 is 1.50 bits per heavy atom. The first-order chi connectivity index (χ1) is 4.76. The molecule has 10 heavy (non-hydrogen) atoms. The van der Waals surface area contributed by atoms with Gasteiger partial charge in [-0.1, -0.05) is 12.8 Å². The summed E-state index contributed by atoms with van der Waals surface area (Å²) in [7, 11) is 0. The molecule has 0 radical (unpaired) electrons. The number of carbonyl (C=O) groups is 1. The lowest BCUT2D eigenvalue weighted by molar-refractivity contribution is -0.124. The second-order valence-electron chi connectivity index (χ2n) is 3.67. The van der Waals surface area contributed by atoms with Crippen LogP contribution in [-0.2, 0) is 4.79 Å². The van der Waals surface area contributed by atoms with Crippen LogP contribution in [0.15, 0.2) is 0 Å². The minimum absolute atomic E-state index is 0.0156. The van der Waals surface area contributed by atoms with Gasteiger partial charge in [0, 0.05) is 0 Å². The van der Waals surface area contributed by atoms with Gasteiger partial charge in [0.05, 0.1) is 5.41 Å². The molecule has 2 nitrogen and oxygen atoms in total. The molecular weight excluding hydrogens is 126 g/mol. The SMILES string of the molecule is NC(=O)C12CCCCC1C2. The lowest BCUT2D eigenvalue weighted by Crippen LogP contribution is -2.28. The van der Waals surface area contributed by atoms with Crippen LogP contribution in [0.1, 0.15) is 32.1 Å². The Hall–Kier alpha value is -0.530. The highest BCUT2D eigenvalue weighted by molar-refractivity contribution is 5.84. The minimum Gasteiger partial charge on any atom is -0.369 e. The fourth-order valence-electron chi connectivity index (χ4n) is 2.32. The van der Waals surface area contributed by atoms with Crippen molar-refractivity contribution in [2.45, 2.75) is 32.1 Å². The fraction of sp³-hybridized carbons (Fsp3) is 0.875. The predicted octanol–water partition coefficient (Wildman–Crippen LogP) is 1.05. The molecule has 2 heteroatoms. The molecule has 0 spiro atoms. The van der Waals surface area contributed by atoms with Crippen molar-refractivity contribution >= 4 is 5.91 Å². The molecule has 0 aliphatic heterocycles. The molecular formula is C8H13NO. The van der Waals surface area contributed by atoms with E-state index in [1.807, 2.05) is 0 Å². The molecule has 2 N–H and O–H groups in total. The van der Waals surface area contributed by atoms with Gasteiger partial charge < -0.3 is 5.73 Å². The molecule has 2 rings (SSSR count). The average Bonchev–Trinajstić information content (AvgIpc) is 2.61. The van der Waals surface area contributed by atoms with E-state index >= 15 is 0 Å². The van der Waals surface area contributed by atoms with Gasteiger partial charge in [0.25, 0.3) is 0 Å². The Balaban J connectivity index is 2.12. The molecule has 1 amide bonds. The van der Waals surface area contributed by atoms with Crippen molar-refractivity contribution in [3.63, 3.8) is 0 Å². The van der Waals surface area contributed by atoms with Crippen molar-refractivity contribution in [3.8, 4) is 0 Å². The van der Waals surface area contributed by atoms with Crippen LogP contribution < -0.4 is 5.73 Å². The normalized spacial score (nSPS) is 44.2. The second kappa shape index (κ2) is 1.74. The largest absolute Gasteiger partial charge is 0.369 e. The van der Waals surface area contributed by atoms with Gasteiger partial charge in [-0.05, 0) is 25.2 Å². The summed E-state index contributed by atoms with van der Waals surface area (Å²) in [4.78, 5) is 10.9. The van der Waals surface area contributed by atoms with E-state index in [4.69, 9.17) is 5.73 Å². The van der Waals surface area contributed by atoms with E-state index in [2.05, 4.69) is 0 Å². The van der Waals surface area contributed by atoms with Crippen molar-refractivity contribution in [2.75, 3.05) is 0 Å². The number of fused-ring (bicyclic) bond motifs is 1. The molecule has 0 aromatic heterocycles. The highest BCUT2D eigenvalue weighted by Crippen LogP contribution is 2.60. The van der Waals surface area contributed by atoms with Crippen LogP contribution in [0.2, 0.25) is 0 Å². The molecule has 0 saturated heterocycles. The van der Waals surface area contributed by atoms with Gasteiger partial charge in [-0.15, -0.1) is 0 Å². The summed E-state index contributed by atoms with van der Waals surface area (Å²) in [6.45, 7) is 0. The number of nitrogens with two attached hydrogens (primary N) is 1. The van der Waals surface area contributed by atoms with Crippen LogP contribution in [0.25, 0.3) is 0 Å². The monoisotopic (exact) mass is 139 g/mol. The lowest BCUT2D eigenvalue weighted by atomic mass is 9.88. The van der Waals surface area contributed by atoms with Crippen LogP contribution in [0.3, 0.4) is 0 Å². The van der Waals surface area contributed by atoms with Gasteiger partial charge in [0.2, 0.25) is 5.91 Å². The third-order valence-electron chi connectivity index (χ3n) is 3.15. The zero-order chi connectivity index (χ0) is 7.19. The Bertz CT molecular complexity index is 178. The van der Waals surface area contributed by atoms with Crippen molar-refractivity contribution < 1.29 is 4.79 Å². The topological polar surface area (TPSA) is 43.1 Å². The molecule has 0 heterocycles. The Labute approximate surface area is 60.8 Å². The van der Waals surface area contributed by atoms with Crippen molar-refractivity contribution in [3.05, 3.63) is 0 Å². The number of primary amides is 1. The number of amides is 1. The van der Waals surface area contributed by atoms with Gasteiger partial charge in [-0.25, -0.2) is 0 Å². The van der Waals surface area contributed by atoms with Crippen LogP contribution in [0, 0.1) is 11.3 Å². The van der Waals surface area contributed by atoms with E-state index in [1.54, 1.807) is 0 Å².